The number of nitrogens with one attached hydrogen (secondary N) is 1. The van der Waals surface area contributed by atoms with Crippen LogP contribution in [0.1, 0.15) is 26.1 Å². The number of carbonyl (C=O) groups is 2. The summed E-state index contributed by atoms with van der Waals surface area (Å²) in [5, 5.41) is 6.93. The Kier molecular flexibility index (Phi) is 3.71. The van der Waals surface area contributed by atoms with Gasteiger partial charge < -0.3 is 0 Å². The molecule has 0 saturated carbocycles. The van der Waals surface area contributed by atoms with Gasteiger partial charge in [-0.15, -0.1) is 0 Å². The summed E-state index contributed by atoms with van der Waals surface area (Å²) in [7, 11) is 0. The summed E-state index contributed by atoms with van der Waals surface area (Å²) in [5.74, 6) is 0.217. The SMILES string of the molecule is CCCn1ncnc1CN1C(=O)CNC(C)C1=O. The largest absolute Gasteiger partial charge is 0.298 e. The van der Waals surface area contributed by atoms with E-state index < -0.39 is 0 Å². The quantitative estimate of drug-likeness (QED) is 0.732. The van der Waals surface area contributed by atoms with Crippen LogP contribution in [0.4, 0.5) is 0 Å². The fraction of sp³-hybridized carbons (Fsp3) is 0.636. The van der Waals surface area contributed by atoms with E-state index >= 15 is 0 Å². The lowest BCUT2D eigenvalue weighted by molar-refractivity contribution is -0.149. The molecule has 1 fully saturated rings. The molecule has 1 saturated heterocycles. The molecule has 0 aromatic carbocycles. The number of piperazine rings is 1. The monoisotopic (exact) mass is 251 g/mol. The number of imide groups is 1. The summed E-state index contributed by atoms with van der Waals surface area (Å²) >= 11 is 0. The van der Waals surface area contributed by atoms with Crippen molar-refractivity contribution < 1.29 is 9.59 Å². The van der Waals surface area contributed by atoms with Crippen LogP contribution in [0.3, 0.4) is 0 Å². The van der Waals surface area contributed by atoms with E-state index in [0.717, 1.165) is 13.0 Å². The zero-order valence-electron chi connectivity index (χ0n) is 10.6. The fourth-order valence-corrected chi connectivity index (χ4v) is 1.90. The second-order valence-electron chi connectivity index (χ2n) is 4.32. The molecule has 1 N–H and O–H groups in total. The van der Waals surface area contributed by atoms with Gasteiger partial charge in [-0.1, -0.05) is 6.92 Å². The summed E-state index contributed by atoms with van der Waals surface area (Å²) in [6, 6.07) is -0.328. The Morgan fingerprint density at radius 3 is 3.00 bits per heavy atom. The average Bonchev–Trinajstić information content (AvgIpc) is 2.78. The van der Waals surface area contributed by atoms with Crippen LogP contribution in [0, 0.1) is 0 Å². The third-order valence-corrected chi connectivity index (χ3v) is 2.93. The lowest BCUT2D eigenvalue weighted by Crippen LogP contribution is -2.56. The van der Waals surface area contributed by atoms with Crippen molar-refractivity contribution in [3.05, 3.63) is 12.2 Å². The van der Waals surface area contributed by atoms with Crippen LogP contribution < -0.4 is 5.32 Å². The first kappa shape index (κ1) is 12.7. The Morgan fingerprint density at radius 1 is 1.50 bits per heavy atom. The van der Waals surface area contributed by atoms with Gasteiger partial charge in [0.1, 0.15) is 12.2 Å². The first-order chi connectivity index (χ1) is 8.63. The van der Waals surface area contributed by atoms with Crippen LogP contribution in [0.25, 0.3) is 0 Å². The smallest absolute Gasteiger partial charge is 0.246 e. The summed E-state index contributed by atoms with van der Waals surface area (Å²) in [4.78, 5) is 29.0. The highest BCUT2D eigenvalue weighted by atomic mass is 16.2. The van der Waals surface area contributed by atoms with Crippen LogP contribution in [0.5, 0.6) is 0 Å². The van der Waals surface area contributed by atoms with Crippen molar-refractivity contribution in [3.63, 3.8) is 0 Å². The molecule has 7 nitrogen and oxygen atoms in total. The summed E-state index contributed by atoms with van der Waals surface area (Å²) in [6.45, 7) is 4.91. The third kappa shape index (κ3) is 2.40. The van der Waals surface area contributed by atoms with Crippen molar-refractivity contribution in [2.75, 3.05) is 6.54 Å². The second kappa shape index (κ2) is 5.26. The van der Waals surface area contributed by atoms with Crippen molar-refractivity contribution in [2.24, 2.45) is 0 Å². The van der Waals surface area contributed by atoms with Crippen molar-refractivity contribution in [3.8, 4) is 0 Å². The number of rotatable bonds is 4. The van der Waals surface area contributed by atoms with Gasteiger partial charge in [-0.05, 0) is 13.3 Å². The van der Waals surface area contributed by atoms with Gasteiger partial charge in [-0.2, -0.15) is 5.10 Å². The minimum absolute atomic E-state index is 0.189. The Morgan fingerprint density at radius 2 is 2.28 bits per heavy atom. The molecule has 18 heavy (non-hydrogen) atoms. The van der Waals surface area contributed by atoms with E-state index in [0.29, 0.717) is 5.82 Å². The van der Waals surface area contributed by atoms with E-state index in [-0.39, 0.29) is 30.9 Å². The molecule has 1 aromatic heterocycles. The van der Waals surface area contributed by atoms with Crippen molar-refractivity contribution in [1.29, 1.82) is 0 Å². The molecule has 1 aliphatic rings. The predicted octanol–water partition coefficient (Wildman–Crippen LogP) is -0.465. The number of carbonyl (C=O) groups excluding carboxylic acids is 2. The normalized spacial score (nSPS) is 20.6. The zero-order valence-corrected chi connectivity index (χ0v) is 10.6. The molecular weight excluding hydrogens is 234 g/mol. The lowest BCUT2D eigenvalue weighted by atomic mass is 10.2. The van der Waals surface area contributed by atoms with Gasteiger partial charge >= 0.3 is 0 Å². The van der Waals surface area contributed by atoms with Gasteiger partial charge in [0.05, 0.1) is 19.1 Å². The maximum atomic E-state index is 11.9. The number of aromatic nitrogens is 3. The molecule has 0 radical (unpaired) electrons. The highest BCUT2D eigenvalue weighted by molar-refractivity contribution is 6.00. The highest BCUT2D eigenvalue weighted by Crippen LogP contribution is 2.08. The highest BCUT2D eigenvalue weighted by Gasteiger charge is 2.32. The van der Waals surface area contributed by atoms with Crippen molar-refractivity contribution >= 4 is 11.8 Å². The minimum atomic E-state index is -0.328. The lowest BCUT2D eigenvalue weighted by Gasteiger charge is -2.29. The Labute approximate surface area is 105 Å². The maximum absolute atomic E-state index is 11.9. The Balaban J connectivity index is 2.13. The number of hydrogen-bond donors (Lipinski definition) is 1. The molecule has 98 valence electrons. The Bertz CT molecular complexity index is 456. The third-order valence-electron chi connectivity index (χ3n) is 2.93. The molecule has 7 heteroatoms. The van der Waals surface area contributed by atoms with Gasteiger partial charge in [-0.25, -0.2) is 9.67 Å². The Hall–Kier alpha value is -1.76. The first-order valence-corrected chi connectivity index (χ1v) is 6.07. The average molecular weight is 251 g/mol. The molecule has 1 atom stereocenters. The van der Waals surface area contributed by atoms with Crippen molar-refractivity contribution in [2.45, 2.75) is 39.4 Å². The molecule has 2 heterocycles. The molecule has 1 aliphatic heterocycles. The molecular formula is C11H17N5O2. The molecule has 1 aromatic rings. The van der Waals surface area contributed by atoms with Gasteiger partial charge in [0.15, 0.2) is 0 Å². The number of aryl methyl sites for hydroxylation is 1. The van der Waals surface area contributed by atoms with E-state index in [1.807, 2.05) is 6.92 Å². The molecule has 1 unspecified atom stereocenters. The van der Waals surface area contributed by atoms with Gasteiger partial charge in [-0.3, -0.25) is 19.8 Å². The summed E-state index contributed by atoms with van der Waals surface area (Å²) in [6.07, 6.45) is 2.38. The van der Waals surface area contributed by atoms with E-state index in [9.17, 15) is 9.59 Å². The zero-order chi connectivity index (χ0) is 13.1. The van der Waals surface area contributed by atoms with Gasteiger partial charge in [0.2, 0.25) is 11.8 Å². The molecule has 0 aliphatic carbocycles. The number of hydrogen-bond acceptors (Lipinski definition) is 5. The van der Waals surface area contributed by atoms with Crippen LogP contribution in [0.2, 0.25) is 0 Å². The fourth-order valence-electron chi connectivity index (χ4n) is 1.90. The molecule has 0 bridgehead atoms. The first-order valence-electron chi connectivity index (χ1n) is 6.07. The molecule has 2 amide bonds. The topological polar surface area (TPSA) is 80.1 Å². The summed E-state index contributed by atoms with van der Waals surface area (Å²) in [5.41, 5.74) is 0. The van der Waals surface area contributed by atoms with Crippen LogP contribution in [-0.4, -0.2) is 44.1 Å². The maximum Gasteiger partial charge on any atom is 0.246 e. The van der Waals surface area contributed by atoms with Gasteiger partial charge in [0.25, 0.3) is 0 Å². The predicted molar refractivity (Wildman–Crippen MR) is 63.3 cm³/mol. The van der Waals surface area contributed by atoms with Crippen molar-refractivity contribution in [1.82, 2.24) is 25.0 Å². The van der Waals surface area contributed by atoms with Crippen LogP contribution in [-0.2, 0) is 22.7 Å². The van der Waals surface area contributed by atoms with E-state index in [4.69, 9.17) is 0 Å². The summed E-state index contributed by atoms with van der Waals surface area (Å²) < 4.78 is 1.73. The van der Waals surface area contributed by atoms with E-state index in [1.165, 1.54) is 11.2 Å². The van der Waals surface area contributed by atoms with Crippen LogP contribution >= 0.6 is 0 Å². The standard InChI is InChI=1S/C11H17N5O2/c1-3-4-16-9(13-7-14-16)6-15-10(17)5-12-8(2)11(15)18/h7-8,12H,3-6H2,1-2H3. The minimum Gasteiger partial charge on any atom is -0.298 e. The van der Waals surface area contributed by atoms with Gasteiger partial charge in [0, 0.05) is 6.54 Å². The number of amides is 2. The molecule has 2 rings (SSSR count). The molecule has 0 spiro atoms. The number of nitrogens with zero attached hydrogens (tertiary/aromatic N) is 4. The second-order valence-corrected chi connectivity index (χ2v) is 4.32. The van der Waals surface area contributed by atoms with Crippen LogP contribution in [0.15, 0.2) is 6.33 Å². The van der Waals surface area contributed by atoms with E-state index in [1.54, 1.807) is 11.6 Å². The van der Waals surface area contributed by atoms with E-state index in [2.05, 4.69) is 15.4 Å².